The molecule has 1 aromatic carbocycles. The van der Waals surface area contributed by atoms with E-state index in [0.717, 1.165) is 11.3 Å². The Labute approximate surface area is 141 Å². The molecular formula is C19H32N2O2. The summed E-state index contributed by atoms with van der Waals surface area (Å²) in [6.07, 6.45) is -0.272. The standard InChI is InChI=1S/C19H32N2O2/c1-9-21(18(22)23-19(6,7)8)15(5)16-11-10-14(4)17(12-16)20-13(2)3/h10-13,15,20H,9H2,1-8H3/t15-/m0/s1. The van der Waals surface area contributed by atoms with E-state index in [1.54, 1.807) is 4.90 Å². The van der Waals surface area contributed by atoms with Crippen LogP contribution in [0.25, 0.3) is 0 Å². The van der Waals surface area contributed by atoms with Crippen molar-refractivity contribution in [1.82, 2.24) is 4.90 Å². The molecule has 1 amide bonds. The molecule has 0 bridgehead atoms. The largest absolute Gasteiger partial charge is 0.444 e. The van der Waals surface area contributed by atoms with E-state index < -0.39 is 5.60 Å². The zero-order chi connectivity index (χ0) is 17.8. The second-order valence-electron chi connectivity index (χ2n) is 7.32. The first-order chi connectivity index (χ1) is 10.5. The number of carbonyl (C=O) groups excluding carboxylic acids is 1. The molecule has 1 atom stereocenters. The average Bonchev–Trinajstić information content (AvgIpc) is 2.39. The molecule has 130 valence electrons. The van der Waals surface area contributed by atoms with Gasteiger partial charge in [0.25, 0.3) is 0 Å². The minimum atomic E-state index is -0.484. The lowest BCUT2D eigenvalue weighted by Gasteiger charge is -2.31. The Hall–Kier alpha value is -1.71. The molecule has 0 aliphatic carbocycles. The van der Waals surface area contributed by atoms with Gasteiger partial charge >= 0.3 is 6.09 Å². The van der Waals surface area contributed by atoms with Crippen molar-refractivity contribution in [2.75, 3.05) is 11.9 Å². The van der Waals surface area contributed by atoms with E-state index in [1.807, 2.05) is 34.6 Å². The second kappa shape index (κ2) is 7.71. The van der Waals surface area contributed by atoms with Crippen molar-refractivity contribution in [1.29, 1.82) is 0 Å². The summed E-state index contributed by atoms with van der Waals surface area (Å²) in [5, 5.41) is 3.46. The Balaban J connectivity index is 3.01. The lowest BCUT2D eigenvalue weighted by Crippen LogP contribution is -2.38. The first-order valence-corrected chi connectivity index (χ1v) is 8.41. The number of benzene rings is 1. The van der Waals surface area contributed by atoms with Crippen molar-refractivity contribution < 1.29 is 9.53 Å². The molecule has 1 rings (SSSR count). The number of hydrogen-bond donors (Lipinski definition) is 1. The lowest BCUT2D eigenvalue weighted by atomic mass is 10.0. The topological polar surface area (TPSA) is 41.6 Å². The smallest absolute Gasteiger partial charge is 0.410 e. The molecule has 0 saturated carbocycles. The van der Waals surface area contributed by atoms with Crippen molar-refractivity contribution in [3.8, 4) is 0 Å². The molecule has 0 heterocycles. The van der Waals surface area contributed by atoms with Crippen LogP contribution in [0.3, 0.4) is 0 Å². The highest BCUT2D eigenvalue weighted by atomic mass is 16.6. The van der Waals surface area contributed by atoms with E-state index in [9.17, 15) is 4.79 Å². The zero-order valence-electron chi connectivity index (χ0n) is 15.9. The van der Waals surface area contributed by atoms with E-state index in [-0.39, 0.29) is 12.1 Å². The molecule has 23 heavy (non-hydrogen) atoms. The third-order valence-electron chi connectivity index (χ3n) is 3.62. The van der Waals surface area contributed by atoms with E-state index in [0.29, 0.717) is 12.6 Å². The maximum atomic E-state index is 12.4. The van der Waals surface area contributed by atoms with E-state index in [1.165, 1.54) is 5.56 Å². The van der Waals surface area contributed by atoms with Crippen molar-refractivity contribution in [3.05, 3.63) is 29.3 Å². The Bertz CT molecular complexity index is 533. The van der Waals surface area contributed by atoms with Gasteiger partial charge in [0.15, 0.2) is 0 Å². The van der Waals surface area contributed by atoms with Crippen molar-refractivity contribution in [2.45, 2.75) is 73.1 Å². The number of anilines is 1. The van der Waals surface area contributed by atoms with E-state index in [4.69, 9.17) is 4.74 Å². The van der Waals surface area contributed by atoms with Crippen LogP contribution in [0, 0.1) is 6.92 Å². The van der Waals surface area contributed by atoms with Gasteiger partial charge in [-0.25, -0.2) is 4.79 Å². The van der Waals surface area contributed by atoms with Gasteiger partial charge in [0, 0.05) is 18.3 Å². The van der Waals surface area contributed by atoms with Gasteiger partial charge in [0.1, 0.15) is 5.60 Å². The van der Waals surface area contributed by atoms with Gasteiger partial charge in [-0.1, -0.05) is 12.1 Å². The van der Waals surface area contributed by atoms with Crippen LogP contribution in [0.15, 0.2) is 18.2 Å². The number of ether oxygens (including phenoxy) is 1. The minimum Gasteiger partial charge on any atom is -0.444 e. The van der Waals surface area contributed by atoms with Gasteiger partial charge in [-0.15, -0.1) is 0 Å². The third-order valence-corrected chi connectivity index (χ3v) is 3.62. The van der Waals surface area contributed by atoms with Gasteiger partial charge in [-0.3, -0.25) is 0 Å². The van der Waals surface area contributed by atoms with Crippen LogP contribution < -0.4 is 5.32 Å². The fourth-order valence-corrected chi connectivity index (χ4v) is 2.43. The summed E-state index contributed by atoms with van der Waals surface area (Å²) in [5.74, 6) is 0. The number of aryl methyl sites for hydroxylation is 1. The van der Waals surface area contributed by atoms with E-state index in [2.05, 4.69) is 44.3 Å². The molecule has 0 aromatic heterocycles. The fourth-order valence-electron chi connectivity index (χ4n) is 2.43. The molecular weight excluding hydrogens is 288 g/mol. The SMILES string of the molecule is CCN(C(=O)OC(C)(C)C)[C@@H](C)c1ccc(C)c(NC(C)C)c1. The second-order valence-corrected chi connectivity index (χ2v) is 7.32. The number of rotatable bonds is 5. The number of nitrogens with one attached hydrogen (secondary N) is 1. The quantitative estimate of drug-likeness (QED) is 0.817. The lowest BCUT2D eigenvalue weighted by molar-refractivity contribution is 0.0186. The fraction of sp³-hybridized carbons (Fsp3) is 0.632. The van der Waals surface area contributed by atoms with Gasteiger partial charge < -0.3 is 15.0 Å². The summed E-state index contributed by atoms with van der Waals surface area (Å²) in [4.78, 5) is 14.2. The van der Waals surface area contributed by atoms with Gasteiger partial charge in [-0.2, -0.15) is 0 Å². The van der Waals surface area contributed by atoms with Crippen LogP contribution in [0.5, 0.6) is 0 Å². The highest BCUT2D eigenvalue weighted by molar-refractivity contribution is 5.69. The Morgan fingerprint density at radius 2 is 1.87 bits per heavy atom. The average molecular weight is 320 g/mol. The maximum Gasteiger partial charge on any atom is 0.410 e. The molecule has 0 saturated heterocycles. The first-order valence-electron chi connectivity index (χ1n) is 8.41. The highest BCUT2D eigenvalue weighted by Gasteiger charge is 2.25. The molecule has 0 unspecified atom stereocenters. The molecule has 0 aliphatic heterocycles. The molecule has 0 aliphatic rings. The number of amides is 1. The first kappa shape index (κ1) is 19.3. The Morgan fingerprint density at radius 3 is 2.35 bits per heavy atom. The number of hydrogen-bond acceptors (Lipinski definition) is 3. The Morgan fingerprint density at radius 1 is 1.26 bits per heavy atom. The van der Waals surface area contributed by atoms with Crippen LogP contribution in [0.2, 0.25) is 0 Å². The van der Waals surface area contributed by atoms with Crippen molar-refractivity contribution in [2.24, 2.45) is 0 Å². The molecule has 1 N–H and O–H groups in total. The normalized spacial score (nSPS) is 12.9. The summed E-state index contributed by atoms with van der Waals surface area (Å²) in [7, 11) is 0. The van der Waals surface area contributed by atoms with Crippen LogP contribution in [-0.2, 0) is 4.74 Å². The molecule has 1 aromatic rings. The van der Waals surface area contributed by atoms with Crippen LogP contribution >= 0.6 is 0 Å². The minimum absolute atomic E-state index is 0.0387. The number of nitrogens with zero attached hydrogens (tertiary/aromatic N) is 1. The molecule has 0 radical (unpaired) electrons. The summed E-state index contributed by atoms with van der Waals surface area (Å²) >= 11 is 0. The summed E-state index contributed by atoms with van der Waals surface area (Å²) in [6.45, 7) is 16.6. The predicted molar refractivity (Wildman–Crippen MR) is 97.0 cm³/mol. The molecule has 0 spiro atoms. The summed E-state index contributed by atoms with van der Waals surface area (Å²) in [6, 6.07) is 6.64. The van der Waals surface area contributed by atoms with E-state index >= 15 is 0 Å². The number of carbonyl (C=O) groups is 1. The van der Waals surface area contributed by atoms with Crippen LogP contribution in [-0.4, -0.2) is 29.2 Å². The Kier molecular flexibility index (Phi) is 6.48. The van der Waals surface area contributed by atoms with Crippen molar-refractivity contribution in [3.63, 3.8) is 0 Å². The summed E-state index contributed by atoms with van der Waals surface area (Å²) in [5.41, 5.74) is 2.94. The predicted octanol–water partition coefficient (Wildman–Crippen LogP) is 5.13. The third kappa shape index (κ3) is 5.77. The van der Waals surface area contributed by atoms with Gasteiger partial charge in [0.05, 0.1) is 6.04 Å². The van der Waals surface area contributed by atoms with Gasteiger partial charge in [0.2, 0.25) is 0 Å². The highest BCUT2D eigenvalue weighted by Crippen LogP contribution is 2.27. The molecule has 4 nitrogen and oxygen atoms in total. The maximum absolute atomic E-state index is 12.4. The monoisotopic (exact) mass is 320 g/mol. The van der Waals surface area contributed by atoms with Crippen molar-refractivity contribution >= 4 is 11.8 Å². The summed E-state index contributed by atoms with van der Waals surface area (Å²) < 4.78 is 5.52. The zero-order valence-corrected chi connectivity index (χ0v) is 15.9. The molecule has 0 fully saturated rings. The van der Waals surface area contributed by atoms with Crippen LogP contribution in [0.4, 0.5) is 10.5 Å². The van der Waals surface area contributed by atoms with Gasteiger partial charge in [-0.05, 0) is 72.6 Å². The van der Waals surface area contributed by atoms with Crippen LogP contribution in [0.1, 0.15) is 65.6 Å². The molecule has 4 heteroatoms.